The van der Waals surface area contributed by atoms with Crippen LogP contribution in [0.15, 0.2) is 12.3 Å². The molecule has 5 rings (SSSR count). The highest BCUT2D eigenvalue weighted by atomic mass is 16.2. The highest BCUT2D eigenvalue weighted by molar-refractivity contribution is 6.04. The summed E-state index contributed by atoms with van der Waals surface area (Å²) < 4.78 is 1.51. The fourth-order valence-electron chi connectivity index (χ4n) is 6.24. The van der Waals surface area contributed by atoms with Crippen molar-refractivity contribution in [2.24, 2.45) is 23.0 Å². The second-order valence-corrected chi connectivity index (χ2v) is 11.1. The Balaban J connectivity index is 1.34. The van der Waals surface area contributed by atoms with Crippen molar-refractivity contribution >= 4 is 28.5 Å². The summed E-state index contributed by atoms with van der Waals surface area (Å²) in [5.41, 5.74) is 7.30. The van der Waals surface area contributed by atoms with Gasteiger partial charge in [0.2, 0.25) is 5.91 Å². The zero-order valence-corrected chi connectivity index (χ0v) is 19.7. The molecule has 2 aliphatic carbocycles. The number of fused-ring (bicyclic) bond motifs is 2. The lowest BCUT2D eigenvalue weighted by atomic mass is 9.70. The molecular formula is C25H33N5O3. The Morgan fingerprint density at radius 1 is 1.24 bits per heavy atom. The SMILES string of the molecule is Cc1cc2c(C(N)=O)nn(CC(=O)N3[C@@H]4C[C@@H]4C[C@H]3C(=O)C[C@@H]3CCCC(C)(C)C3)c2cn1. The van der Waals surface area contributed by atoms with E-state index in [1.165, 1.54) is 17.5 Å². The first-order chi connectivity index (χ1) is 15.6. The van der Waals surface area contributed by atoms with Crippen LogP contribution >= 0.6 is 0 Å². The molecule has 1 saturated heterocycles. The van der Waals surface area contributed by atoms with Gasteiger partial charge in [-0.25, -0.2) is 0 Å². The normalized spacial score (nSPS) is 28.0. The van der Waals surface area contributed by atoms with Crippen molar-refractivity contribution in [2.45, 2.75) is 84.3 Å². The third-order valence-electron chi connectivity index (χ3n) is 7.85. The van der Waals surface area contributed by atoms with E-state index in [4.69, 9.17) is 5.73 Å². The van der Waals surface area contributed by atoms with Crippen molar-refractivity contribution in [1.29, 1.82) is 0 Å². The molecule has 2 aromatic heterocycles. The summed E-state index contributed by atoms with van der Waals surface area (Å²) in [4.78, 5) is 44.8. The van der Waals surface area contributed by atoms with Crippen LogP contribution in [0.25, 0.3) is 10.9 Å². The summed E-state index contributed by atoms with van der Waals surface area (Å²) >= 11 is 0. The zero-order valence-electron chi connectivity index (χ0n) is 19.7. The van der Waals surface area contributed by atoms with Crippen molar-refractivity contribution in [3.63, 3.8) is 0 Å². The number of Topliss-reactive ketones (excluding diaryl/α,β-unsaturated/α-hetero) is 1. The fraction of sp³-hybridized carbons (Fsp3) is 0.640. The summed E-state index contributed by atoms with van der Waals surface area (Å²) in [6, 6.07) is 1.59. The molecule has 33 heavy (non-hydrogen) atoms. The smallest absolute Gasteiger partial charge is 0.269 e. The molecular weight excluding hydrogens is 418 g/mol. The molecule has 3 heterocycles. The molecule has 4 atom stereocenters. The minimum Gasteiger partial charge on any atom is -0.364 e. The van der Waals surface area contributed by atoms with Crippen molar-refractivity contribution in [2.75, 3.05) is 0 Å². The molecule has 0 bridgehead atoms. The van der Waals surface area contributed by atoms with E-state index >= 15 is 0 Å². The maximum absolute atomic E-state index is 13.4. The minimum absolute atomic E-state index is 0.0298. The number of piperidine rings is 1. The predicted octanol–water partition coefficient (Wildman–Crippen LogP) is 3.00. The first-order valence-corrected chi connectivity index (χ1v) is 12.1. The predicted molar refractivity (Wildman–Crippen MR) is 123 cm³/mol. The molecule has 3 aliphatic rings. The molecule has 0 unspecified atom stereocenters. The van der Waals surface area contributed by atoms with Crippen molar-refractivity contribution < 1.29 is 14.4 Å². The highest BCUT2D eigenvalue weighted by Gasteiger charge is 2.55. The summed E-state index contributed by atoms with van der Waals surface area (Å²) in [7, 11) is 0. The summed E-state index contributed by atoms with van der Waals surface area (Å²) in [5, 5.41) is 4.93. The van der Waals surface area contributed by atoms with Crippen molar-refractivity contribution in [3.05, 3.63) is 23.7 Å². The van der Waals surface area contributed by atoms with E-state index in [9.17, 15) is 14.4 Å². The van der Waals surface area contributed by atoms with Crippen LogP contribution in [0.2, 0.25) is 0 Å². The van der Waals surface area contributed by atoms with E-state index in [0.717, 1.165) is 31.4 Å². The number of likely N-dealkylation sites (tertiary alicyclic amines) is 1. The van der Waals surface area contributed by atoms with Gasteiger partial charge in [-0.2, -0.15) is 5.10 Å². The van der Waals surface area contributed by atoms with Crippen LogP contribution < -0.4 is 5.73 Å². The molecule has 2 N–H and O–H groups in total. The number of hydrogen-bond acceptors (Lipinski definition) is 5. The van der Waals surface area contributed by atoms with Crippen LogP contribution in [0, 0.1) is 24.2 Å². The van der Waals surface area contributed by atoms with Gasteiger partial charge in [0.1, 0.15) is 6.54 Å². The van der Waals surface area contributed by atoms with Gasteiger partial charge in [0, 0.05) is 23.5 Å². The Kier molecular flexibility index (Phi) is 5.29. The molecule has 2 aromatic rings. The quantitative estimate of drug-likeness (QED) is 0.726. The Bertz CT molecular complexity index is 1140. The molecule has 8 nitrogen and oxygen atoms in total. The Labute approximate surface area is 193 Å². The van der Waals surface area contributed by atoms with Crippen LogP contribution in [0.4, 0.5) is 0 Å². The number of primary amides is 1. The van der Waals surface area contributed by atoms with E-state index in [-0.39, 0.29) is 36.0 Å². The number of hydrogen-bond donors (Lipinski definition) is 1. The molecule has 3 fully saturated rings. The number of carbonyl (C=O) groups excluding carboxylic acids is 3. The minimum atomic E-state index is -0.635. The number of nitrogens with two attached hydrogens (primary N) is 1. The molecule has 176 valence electrons. The number of carbonyl (C=O) groups is 3. The molecule has 0 spiro atoms. The molecule has 2 amide bonds. The summed E-state index contributed by atoms with van der Waals surface area (Å²) in [6.45, 7) is 6.37. The molecule has 0 aromatic carbocycles. The first kappa shape index (κ1) is 22.0. The molecule has 1 aliphatic heterocycles. The maximum atomic E-state index is 13.4. The number of nitrogens with zero attached hydrogens (tertiary/aromatic N) is 4. The maximum Gasteiger partial charge on any atom is 0.269 e. The van der Waals surface area contributed by atoms with Crippen LogP contribution in [-0.4, -0.2) is 49.3 Å². The number of aromatic nitrogens is 3. The van der Waals surface area contributed by atoms with Gasteiger partial charge in [-0.05, 0) is 62.3 Å². The number of aryl methyl sites for hydroxylation is 1. The van der Waals surface area contributed by atoms with E-state index in [1.54, 1.807) is 12.3 Å². The van der Waals surface area contributed by atoms with Gasteiger partial charge in [-0.3, -0.25) is 24.0 Å². The van der Waals surface area contributed by atoms with Gasteiger partial charge in [0.15, 0.2) is 11.5 Å². The third kappa shape index (κ3) is 4.15. The first-order valence-electron chi connectivity index (χ1n) is 12.1. The molecule has 8 heteroatoms. The van der Waals surface area contributed by atoms with Crippen LogP contribution in [0.1, 0.15) is 75.0 Å². The lowest BCUT2D eigenvalue weighted by Crippen LogP contribution is -2.45. The van der Waals surface area contributed by atoms with Crippen LogP contribution in [-0.2, 0) is 16.1 Å². The number of rotatable bonds is 6. The summed E-state index contributed by atoms with van der Waals surface area (Å²) in [5.74, 6) is 0.300. The van der Waals surface area contributed by atoms with Crippen LogP contribution in [0.5, 0.6) is 0 Å². The lowest BCUT2D eigenvalue weighted by molar-refractivity contribution is -0.140. The van der Waals surface area contributed by atoms with E-state index in [0.29, 0.717) is 34.6 Å². The lowest BCUT2D eigenvalue weighted by Gasteiger charge is -2.36. The van der Waals surface area contributed by atoms with E-state index < -0.39 is 5.91 Å². The highest BCUT2D eigenvalue weighted by Crippen LogP contribution is 2.49. The van der Waals surface area contributed by atoms with Crippen molar-refractivity contribution in [1.82, 2.24) is 19.7 Å². The average molecular weight is 452 g/mol. The number of ketones is 1. The Hall–Kier alpha value is -2.77. The van der Waals surface area contributed by atoms with E-state index in [2.05, 4.69) is 23.9 Å². The third-order valence-corrected chi connectivity index (χ3v) is 7.85. The second kappa shape index (κ2) is 7.92. The molecule has 2 saturated carbocycles. The van der Waals surface area contributed by atoms with Gasteiger partial charge >= 0.3 is 0 Å². The monoisotopic (exact) mass is 451 g/mol. The average Bonchev–Trinajstić information content (AvgIpc) is 3.24. The van der Waals surface area contributed by atoms with Gasteiger partial charge < -0.3 is 10.6 Å². The topological polar surface area (TPSA) is 111 Å². The summed E-state index contributed by atoms with van der Waals surface area (Å²) in [6.07, 6.45) is 8.50. The van der Waals surface area contributed by atoms with Gasteiger partial charge in [-0.1, -0.05) is 20.3 Å². The van der Waals surface area contributed by atoms with Gasteiger partial charge in [0.05, 0.1) is 17.8 Å². The number of pyridine rings is 1. The Morgan fingerprint density at radius 3 is 2.76 bits per heavy atom. The van der Waals surface area contributed by atoms with E-state index in [1.807, 2.05) is 11.8 Å². The standard InChI is InChI=1S/C25H33N5O3/c1-14-7-17-20(12-27-14)29(28-23(17)24(26)33)13-22(32)30-18-9-16(18)10-19(30)21(31)8-15-5-4-6-25(2,3)11-15/h7,12,15-16,18-19H,4-6,8-11,13H2,1-3H3,(H2,26,33)/t15-,16+,18+,19-/m0/s1. The van der Waals surface area contributed by atoms with Gasteiger partial charge in [-0.15, -0.1) is 0 Å². The fourth-order valence-corrected chi connectivity index (χ4v) is 6.24. The Morgan fingerprint density at radius 2 is 2.03 bits per heavy atom. The van der Waals surface area contributed by atoms with Gasteiger partial charge in [0.25, 0.3) is 5.91 Å². The second-order valence-electron chi connectivity index (χ2n) is 11.1. The molecule has 0 radical (unpaired) electrons. The van der Waals surface area contributed by atoms with Crippen LogP contribution in [0.3, 0.4) is 0 Å². The largest absolute Gasteiger partial charge is 0.364 e. The number of amides is 2. The van der Waals surface area contributed by atoms with Crippen molar-refractivity contribution in [3.8, 4) is 0 Å². The zero-order chi connectivity index (χ0) is 23.5.